The maximum Gasteiger partial charge on any atom is 0.161 e. The van der Waals surface area contributed by atoms with Gasteiger partial charge in [-0.3, -0.25) is 0 Å². The molecule has 0 fully saturated rings. The zero-order valence-corrected chi connectivity index (χ0v) is 9.84. The van der Waals surface area contributed by atoms with E-state index >= 15 is 0 Å². The monoisotopic (exact) mass is 228 g/mol. The molecule has 3 nitrogen and oxygen atoms in total. The van der Waals surface area contributed by atoms with Crippen molar-refractivity contribution in [1.29, 1.82) is 0 Å². The van der Waals surface area contributed by atoms with E-state index in [4.69, 9.17) is 14.6 Å². The maximum atomic E-state index is 9.00. The highest BCUT2D eigenvalue weighted by atomic mass is 32.2. The van der Waals surface area contributed by atoms with Crippen LogP contribution in [0.4, 0.5) is 0 Å². The summed E-state index contributed by atoms with van der Waals surface area (Å²) in [7, 11) is 1.61. The van der Waals surface area contributed by atoms with Crippen molar-refractivity contribution in [3.05, 3.63) is 23.8 Å². The summed E-state index contributed by atoms with van der Waals surface area (Å²) < 4.78 is 10.7. The van der Waals surface area contributed by atoms with E-state index in [-0.39, 0.29) is 6.61 Å². The average molecular weight is 228 g/mol. The molecular weight excluding hydrogens is 212 g/mol. The molecule has 0 spiro atoms. The first-order valence-electron chi connectivity index (χ1n) is 4.71. The van der Waals surface area contributed by atoms with Gasteiger partial charge in [-0.15, -0.1) is 0 Å². The topological polar surface area (TPSA) is 38.7 Å². The first kappa shape index (κ1) is 12.2. The van der Waals surface area contributed by atoms with Gasteiger partial charge in [0.15, 0.2) is 11.5 Å². The molecule has 0 aliphatic heterocycles. The van der Waals surface area contributed by atoms with Crippen LogP contribution in [0.1, 0.15) is 5.56 Å². The van der Waals surface area contributed by atoms with Crippen molar-refractivity contribution in [3.63, 3.8) is 0 Å². The fraction of sp³-hybridized carbons (Fsp3) is 0.455. The van der Waals surface area contributed by atoms with Gasteiger partial charge < -0.3 is 14.6 Å². The number of rotatable bonds is 6. The number of hydrogen-bond acceptors (Lipinski definition) is 4. The van der Waals surface area contributed by atoms with E-state index in [1.165, 1.54) is 0 Å². The van der Waals surface area contributed by atoms with E-state index in [0.29, 0.717) is 18.1 Å². The molecule has 0 heterocycles. The lowest BCUT2D eigenvalue weighted by Gasteiger charge is -2.11. The van der Waals surface area contributed by atoms with Crippen LogP contribution < -0.4 is 9.47 Å². The van der Waals surface area contributed by atoms with Gasteiger partial charge in [-0.25, -0.2) is 0 Å². The van der Waals surface area contributed by atoms with Gasteiger partial charge in [-0.1, -0.05) is 6.07 Å². The summed E-state index contributed by atoms with van der Waals surface area (Å²) in [4.78, 5) is 0. The van der Waals surface area contributed by atoms with E-state index in [0.717, 1.165) is 11.3 Å². The molecule has 0 saturated heterocycles. The number of aliphatic hydroxyl groups excluding tert-OH is 1. The number of methoxy groups -OCH3 is 1. The van der Waals surface area contributed by atoms with Crippen molar-refractivity contribution in [2.75, 3.05) is 25.7 Å². The van der Waals surface area contributed by atoms with E-state index < -0.39 is 0 Å². The molecule has 0 aliphatic carbocycles. The average Bonchev–Trinajstić information content (AvgIpc) is 2.29. The Bertz CT molecular complexity index is 302. The van der Waals surface area contributed by atoms with Crippen molar-refractivity contribution in [3.8, 4) is 11.5 Å². The van der Waals surface area contributed by atoms with Crippen molar-refractivity contribution in [1.82, 2.24) is 0 Å². The van der Waals surface area contributed by atoms with Crippen LogP contribution in [-0.2, 0) is 6.61 Å². The van der Waals surface area contributed by atoms with Gasteiger partial charge in [0, 0.05) is 5.75 Å². The van der Waals surface area contributed by atoms with Crippen LogP contribution >= 0.6 is 11.8 Å². The zero-order valence-electron chi connectivity index (χ0n) is 9.03. The van der Waals surface area contributed by atoms with E-state index in [1.54, 1.807) is 31.0 Å². The number of thioether (sulfide) groups is 1. The molecule has 0 saturated carbocycles. The quantitative estimate of drug-likeness (QED) is 0.755. The molecular formula is C11H16O3S. The third-order valence-electron chi connectivity index (χ3n) is 1.96. The summed E-state index contributed by atoms with van der Waals surface area (Å²) >= 11 is 1.73. The highest BCUT2D eigenvalue weighted by molar-refractivity contribution is 7.98. The molecule has 1 aromatic carbocycles. The van der Waals surface area contributed by atoms with Crippen LogP contribution in [0.25, 0.3) is 0 Å². The normalized spacial score (nSPS) is 10.1. The van der Waals surface area contributed by atoms with Crippen molar-refractivity contribution >= 4 is 11.8 Å². The Labute approximate surface area is 94.4 Å². The molecule has 0 amide bonds. The lowest BCUT2D eigenvalue weighted by Crippen LogP contribution is -2.02. The predicted octanol–water partition coefficient (Wildman–Crippen LogP) is 1.93. The molecule has 0 aromatic heterocycles. The molecule has 15 heavy (non-hydrogen) atoms. The molecule has 0 radical (unpaired) electrons. The summed E-state index contributed by atoms with van der Waals surface area (Å²) in [5.74, 6) is 2.33. The smallest absolute Gasteiger partial charge is 0.161 e. The Morgan fingerprint density at radius 1 is 1.33 bits per heavy atom. The van der Waals surface area contributed by atoms with Gasteiger partial charge in [-0.05, 0) is 24.0 Å². The Balaban J connectivity index is 2.72. The number of aliphatic hydroxyl groups is 1. The van der Waals surface area contributed by atoms with Gasteiger partial charge in [0.2, 0.25) is 0 Å². The molecule has 4 heteroatoms. The third kappa shape index (κ3) is 3.64. The van der Waals surface area contributed by atoms with Crippen LogP contribution in [0.15, 0.2) is 18.2 Å². The van der Waals surface area contributed by atoms with Gasteiger partial charge in [0.1, 0.15) is 0 Å². The van der Waals surface area contributed by atoms with Crippen molar-refractivity contribution < 1.29 is 14.6 Å². The summed E-state index contributed by atoms with van der Waals surface area (Å²) in [6.45, 7) is 0.662. The minimum absolute atomic E-state index is 0.0167. The van der Waals surface area contributed by atoms with Gasteiger partial charge in [0.05, 0.1) is 20.3 Å². The Morgan fingerprint density at radius 3 is 2.73 bits per heavy atom. The lowest BCUT2D eigenvalue weighted by atomic mass is 10.2. The Hall–Kier alpha value is -0.870. The molecule has 0 atom stereocenters. The maximum absolute atomic E-state index is 9.00. The minimum atomic E-state index is 0.0167. The summed E-state index contributed by atoms with van der Waals surface area (Å²) in [6, 6.07) is 5.43. The fourth-order valence-corrected chi connectivity index (χ4v) is 1.42. The number of ether oxygens (including phenoxy) is 2. The SMILES string of the molecule is COc1ccc(CO)cc1OCCSC. The second kappa shape index (κ2) is 6.58. The minimum Gasteiger partial charge on any atom is -0.493 e. The van der Waals surface area contributed by atoms with Gasteiger partial charge >= 0.3 is 0 Å². The first-order valence-corrected chi connectivity index (χ1v) is 6.10. The molecule has 1 rings (SSSR count). The van der Waals surface area contributed by atoms with E-state index in [1.807, 2.05) is 12.3 Å². The Morgan fingerprint density at radius 2 is 2.13 bits per heavy atom. The molecule has 0 bridgehead atoms. The second-order valence-corrected chi connectivity index (χ2v) is 3.97. The second-order valence-electron chi connectivity index (χ2n) is 2.98. The van der Waals surface area contributed by atoms with Crippen LogP contribution in [0.2, 0.25) is 0 Å². The Kier molecular flexibility index (Phi) is 5.36. The van der Waals surface area contributed by atoms with Crippen molar-refractivity contribution in [2.45, 2.75) is 6.61 Å². The highest BCUT2D eigenvalue weighted by Crippen LogP contribution is 2.28. The molecule has 84 valence electrons. The van der Waals surface area contributed by atoms with Gasteiger partial charge in [0.25, 0.3) is 0 Å². The lowest BCUT2D eigenvalue weighted by molar-refractivity contribution is 0.278. The van der Waals surface area contributed by atoms with E-state index in [9.17, 15) is 0 Å². The molecule has 0 unspecified atom stereocenters. The standard InChI is InChI=1S/C11H16O3S/c1-13-10-4-3-9(8-12)7-11(10)14-5-6-15-2/h3-4,7,12H,5-6,8H2,1-2H3. The van der Waals surface area contributed by atoms with Crippen LogP contribution in [-0.4, -0.2) is 30.8 Å². The molecule has 0 aliphatic rings. The highest BCUT2D eigenvalue weighted by Gasteiger charge is 2.04. The van der Waals surface area contributed by atoms with Crippen LogP contribution in [0.5, 0.6) is 11.5 Å². The van der Waals surface area contributed by atoms with Crippen LogP contribution in [0, 0.1) is 0 Å². The molecule has 1 N–H and O–H groups in total. The fourth-order valence-electron chi connectivity index (χ4n) is 1.17. The first-order chi connectivity index (χ1) is 7.31. The largest absolute Gasteiger partial charge is 0.493 e. The number of hydrogen-bond donors (Lipinski definition) is 1. The predicted molar refractivity (Wildman–Crippen MR) is 62.8 cm³/mol. The third-order valence-corrected chi connectivity index (χ3v) is 2.53. The summed E-state index contributed by atoms with van der Waals surface area (Å²) in [6.07, 6.45) is 2.03. The van der Waals surface area contributed by atoms with Crippen LogP contribution in [0.3, 0.4) is 0 Å². The van der Waals surface area contributed by atoms with E-state index in [2.05, 4.69) is 0 Å². The molecule has 1 aromatic rings. The van der Waals surface area contributed by atoms with Gasteiger partial charge in [-0.2, -0.15) is 11.8 Å². The van der Waals surface area contributed by atoms with Crippen molar-refractivity contribution in [2.24, 2.45) is 0 Å². The number of benzene rings is 1. The summed E-state index contributed by atoms with van der Waals surface area (Å²) in [5, 5.41) is 9.00. The zero-order chi connectivity index (χ0) is 11.1. The summed E-state index contributed by atoms with van der Waals surface area (Å²) in [5.41, 5.74) is 0.829.